The molecule has 4 nitrogen and oxygen atoms in total. The van der Waals surface area contributed by atoms with E-state index in [0.717, 1.165) is 0 Å². The van der Waals surface area contributed by atoms with E-state index < -0.39 is 38.1 Å². The molecule has 1 aromatic heterocycles. The first-order valence-electron chi connectivity index (χ1n) is 9.51. The standard InChI is InChI=1S/C14H22BNO3/c1-6-9-17-12-10-11(7-8-16-12)15-18-13(2,3)14(4,5)19-15/h7-8,10H,6,9H2,1-5H3/i1D3,6D2,9D2. The third-order valence-electron chi connectivity index (χ3n) is 3.49. The van der Waals surface area contributed by atoms with Crippen LogP contribution in [0.15, 0.2) is 18.3 Å². The van der Waals surface area contributed by atoms with E-state index in [1.807, 2.05) is 27.7 Å². The van der Waals surface area contributed by atoms with E-state index in [-0.39, 0.29) is 5.88 Å². The fraction of sp³-hybridized carbons (Fsp3) is 0.643. The van der Waals surface area contributed by atoms with Crippen molar-refractivity contribution in [1.82, 2.24) is 4.98 Å². The van der Waals surface area contributed by atoms with Gasteiger partial charge < -0.3 is 14.0 Å². The van der Waals surface area contributed by atoms with Crippen LogP contribution in [0, 0.1) is 0 Å². The Morgan fingerprint density at radius 1 is 1.37 bits per heavy atom. The van der Waals surface area contributed by atoms with Crippen molar-refractivity contribution in [2.24, 2.45) is 0 Å². The molecule has 0 radical (unpaired) electrons. The number of ether oxygens (including phenoxy) is 1. The van der Waals surface area contributed by atoms with Crippen molar-refractivity contribution < 1.29 is 23.6 Å². The monoisotopic (exact) mass is 270 g/mol. The first-order chi connectivity index (χ1) is 11.5. The van der Waals surface area contributed by atoms with Crippen molar-refractivity contribution >= 4 is 12.6 Å². The van der Waals surface area contributed by atoms with Gasteiger partial charge in [-0.2, -0.15) is 0 Å². The van der Waals surface area contributed by atoms with Crippen LogP contribution in [-0.2, 0) is 9.31 Å². The molecule has 0 spiro atoms. The summed E-state index contributed by atoms with van der Waals surface area (Å²) in [4.78, 5) is 3.84. The molecular formula is C14H22BNO3. The van der Waals surface area contributed by atoms with Crippen LogP contribution in [0.3, 0.4) is 0 Å². The van der Waals surface area contributed by atoms with Crippen LogP contribution in [0.2, 0.25) is 0 Å². The summed E-state index contributed by atoms with van der Waals surface area (Å²) in [7, 11) is -0.740. The summed E-state index contributed by atoms with van der Waals surface area (Å²) in [5.74, 6) is -0.268. The normalized spacial score (nSPS) is 28.2. The van der Waals surface area contributed by atoms with Crippen LogP contribution in [0.5, 0.6) is 5.88 Å². The molecule has 1 aromatic rings. The topological polar surface area (TPSA) is 40.6 Å². The molecular weight excluding hydrogens is 241 g/mol. The predicted octanol–water partition coefficient (Wildman–Crippen LogP) is 2.17. The Morgan fingerprint density at radius 3 is 2.68 bits per heavy atom. The minimum Gasteiger partial charge on any atom is -0.478 e. The molecule has 1 aliphatic rings. The Hall–Kier alpha value is -1.07. The predicted molar refractivity (Wildman–Crippen MR) is 75.7 cm³/mol. The molecule has 1 aliphatic heterocycles. The quantitative estimate of drug-likeness (QED) is 0.786. The molecule has 2 heterocycles. The summed E-state index contributed by atoms with van der Waals surface area (Å²) in [6, 6.07) is 2.94. The number of hydrogen-bond donors (Lipinski definition) is 0. The van der Waals surface area contributed by atoms with Crippen molar-refractivity contribution in [2.75, 3.05) is 6.56 Å². The van der Waals surface area contributed by atoms with Gasteiger partial charge in [0.25, 0.3) is 0 Å². The molecule has 0 aliphatic carbocycles. The van der Waals surface area contributed by atoms with E-state index in [2.05, 4.69) is 4.98 Å². The zero-order chi connectivity index (χ0) is 20.2. The summed E-state index contributed by atoms with van der Waals surface area (Å²) in [6.07, 6.45) is -1.90. The molecule has 0 amide bonds. The van der Waals surface area contributed by atoms with Crippen molar-refractivity contribution in [3.05, 3.63) is 18.3 Å². The van der Waals surface area contributed by atoms with Crippen molar-refractivity contribution in [3.8, 4) is 5.88 Å². The average Bonchev–Trinajstić information content (AvgIpc) is 2.66. The minimum atomic E-state index is -3.23. The zero-order valence-corrected chi connectivity index (χ0v) is 11.5. The van der Waals surface area contributed by atoms with Crippen LogP contribution in [-0.4, -0.2) is 29.9 Å². The molecule has 104 valence electrons. The highest BCUT2D eigenvalue weighted by Crippen LogP contribution is 2.36. The average molecular weight is 270 g/mol. The number of pyridine rings is 1. The van der Waals surface area contributed by atoms with E-state index in [1.54, 1.807) is 6.07 Å². The van der Waals surface area contributed by atoms with E-state index in [0.29, 0.717) is 5.46 Å². The van der Waals surface area contributed by atoms with Gasteiger partial charge in [-0.05, 0) is 45.6 Å². The van der Waals surface area contributed by atoms with Gasteiger partial charge in [0.05, 0.1) is 20.5 Å². The SMILES string of the molecule is [2H]C([2H])([2H])C([2H])([2H])C([2H])([2H])Oc1cc(B2OC(C)(C)C(C)(C)O2)ccn1. The smallest absolute Gasteiger partial charge is 0.478 e. The van der Waals surface area contributed by atoms with Gasteiger partial charge in [-0.1, -0.05) is 6.85 Å². The molecule has 0 unspecified atom stereocenters. The molecule has 5 heteroatoms. The number of hydrogen-bond acceptors (Lipinski definition) is 4. The number of aromatic nitrogens is 1. The van der Waals surface area contributed by atoms with Gasteiger partial charge in [0.1, 0.15) is 0 Å². The van der Waals surface area contributed by atoms with E-state index in [9.17, 15) is 0 Å². The van der Waals surface area contributed by atoms with Crippen LogP contribution in [0.25, 0.3) is 0 Å². The lowest BCUT2D eigenvalue weighted by molar-refractivity contribution is 0.00578. The molecule has 1 saturated heterocycles. The molecule has 0 N–H and O–H groups in total. The first-order valence-corrected chi connectivity index (χ1v) is 6.01. The fourth-order valence-corrected chi connectivity index (χ4v) is 1.68. The van der Waals surface area contributed by atoms with Crippen LogP contribution in [0.4, 0.5) is 0 Å². The van der Waals surface area contributed by atoms with Crippen molar-refractivity contribution in [1.29, 1.82) is 0 Å². The van der Waals surface area contributed by atoms with Crippen LogP contribution >= 0.6 is 0 Å². The van der Waals surface area contributed by atoms with Gasteiger partial charge in [0, 0.05) is 19.1 Å². The molecule has 0 bridgehead atoms. The summed E-state index contributed by atoms with van der Waals surface area (Å²) < 4.78 is 69.0. The highest BCUT2D eigenvalue weighted by atomic mass is 16.7. The van der Waals surface area contributed by atoms with Crippen molar-refractivity contribution in [3.63, 3.8) is 0 Å². The Labute approximate surface area is 125 Å². The lowest BCUT2D eigenvalue weighted by atomic mass is 9.80. The van der Waals surface area contributed by atoms with Gasteiger partial charge in [0.15, 0.2) is 0 Å². The Bertz CT molecular complexity index is 663. The summed E-state index contributed by atoms with van der Waals surface area (Å²) in [5.41, 5.74) is -0.649. The van der Waals surface area contributed by atoms with E-state index in [4.69, 9.17) is 23.6 Å². The van der Waals surface area contributed by atoms with E-state index in [1.165, 1.54) is 12.3 Å². The molecule has 0 saturated carbocycles. The van der Waals surface area contributed by atoms with Crippen LogP contribution < -0.4 is 10.2 Å². The second-order valence-electron chi connectivity index (χ2n) is 5.34. The Kier molecular flexibility index (Phi) is 2.07. The molecule has 1 fully saturated rings. The van der Waals surface area contributed by atoms with Crippen molar-refractivity contribution in [2.45, 2.75) is 52.1 Å². The first kappa shape index (κ1) is 7.65. The molecule has 0 aromatic carbocycles. The maximum Gasteiger partial charge on any atom is 0.495 e. The summed E-state index contributed by atoms with van der Waals surface area (Å²) >= 11 is 0. The largest absolute Gasteiger partial charge is 0.495 e. The number of rotatable bonds is 4. The minimum absolute atomic E-state index is 0.268. The summed E-state index contributed by atoms with van der Waals surface area (Å²) in [5, 5.41) is 0. The number of nitrogens with zero attached hydrogens (tertiary/aromatic N) is 1. The maximum absolute atomic E-state index is 7.73. The lowest BCUT2D eigenvalue weighted by Crippen LogP contribution is -2.41. The third kappa shape index (κ3) is 2.93. The highest BCUT2D eigenvalue weighted by Gasteiger charge is 2.51. The summed E-state index contributed by atoms with van der Waals surface area (Å²) in [6.45, 7) is 1.20. The maximum atomic E-state index is 7.73. The highest BCUT2D eigenvalue weighted by molar-refractivity contribution is 6.62. The molecule has 19 heavy (non-hydrogen) atoms. The Morgan fingerprint density at radius 2 is 2.05 bits per heavy atom. The van der Waals surface area contributed by atoms with Gasteiger partial charge in [-0.15, -0.1) is 0 Å². The van der Waals surface area contributed by atoms with Gasteiger partial charge in [0.2, 0.25) is 5.88 Å². The second kappa shape index (κ2) is 5.14. The van der Waals surface area contributed by atoms with Gasteiger partial charge in [-0.3, -0.25) is 0 Å². The zero-order valence-electron chi connectivity index (χ0n) is 18.5. The Balaban J connectivity index is 2.26. The second-order valence-corrected chi connectivity index (χ2v) is 5.34. The molecule has 2 rings (SSSR count). The third-order valence-corrected chi connectivity index (χ3v) is 3.49. The molecule has 0 atom stereocenters. The van der Waals surface area contributed by atoms with Gasteiger partial charge in [-0.25, -0.2) is 4.98 Å². The lowest BCUT2D eigenvalue weighted by Gasteiger charge is -2.32. The van der Waals surface area contributed by atoms with Crippen LogP contribution in [0.1, 0.15) is 50.5 Å². The van der Waals surface area contributed by atoms with Gasteiger partial charge >= 0.3 is 7.12 Å². The fourth-order valence-electron chi connectivity index (χ4n) is 1.68. The van der Waals surface area contributed by atoms with E-state index >= 15 is 0 Å².